The van der Waals surface area contributed by atoms with Gasteiger partial charge in [0.1, 0.15) is 0 Å². The van der Waals surface area contributed by atoms with Crippen molar-refractivity contribution in [2.75, 3.05) is 5.88 Å². The second kappa shape index (κ2) is 4.07. The fourth-order valence-electron chi connectivity index (χ4n) is 0.914. The maximum Gasteiger partial charge on any atom is 0.0897 e. The van der Waals surface area contributed by atoms with Crippen LogP contribution in [0.25, 0.3) is 0 Å². The van der Waals surface area contributed by atoms with Crippen LogP contribution >= 0.6 is 22.9 Å². The molecule has 0 saturated carbocycles. The first-order valence-electron chi connectivity index (χ1n) is 3.69. The van der Waals surface area contributed by atoms with Crippen molar-refractivity contribution >= 4 is 22.9 Å². The quantitative estimate of drug-likeness (QED) is 0.667. The van der Waals surface area contributed by atoms with E-state index in [0.29, 0.717) is 5.92 Å². The predicted octanol–water partition coefficient (Wildman–Crippen LogP) is 2.87. The van der Waals surface area contributed by atoms with Gasteiger partial charge >= 0.3 is 0 Å². The van der Waals surface area contributed by atoms with Crippen molar-refractivity contribution in [3.05, 3.63) is 16.1 Å². The smallest absolute Gasteiger partial charge is 0.0897 e. The molecule has 0 aliphatic rings. The highest BCUT2D eigenvalue weighted by molar-refractivity contribution is 7.09. The molecular formula is C8H12ClNS. The predicted molar refractivity (Wildman–Crippen MR) is 50.4 cm³/mol. The Labute approximate surface area is 76.4 Å². The third kappa shape index (κ3) is 2.80. The van der Waals surface area contributed by atoms with Crippen LogP contribution in [0.1, 0.15) is 17.6 Å². The standard InChI is InChI=1S/C8H12ClNS/c1-6(4-9)3-8-5-11-7(2)10-8/h5-6H,3-4H2,1-2H3. The molecule has 3 heteroatoms. The zero-order valence-electron chi connectivity index (χ0n) is 6.80. The van der Waals surface area contributed by atoms with Gasteiger partial charge in [0, 0.05) is 11.3 Å². The van der Waals surface area contributed by atoms with Crippen LogP contribution in [0.2, 0.25) is 0 Å². The first kappa shape index (κ1) is 9.01. The van der Waals surface area contributed by atoms with E-state index in [1.165, 1.54) is 5.69 Å². The van der Waals surface area contributed by atoms with Crippen LogP contribution < -0.4 is 0 Å². The number of aromatic nitrogens is 1. The first-order valence-corrected chi connectivity index (χ1v) is 5.10. The molecule has 1 unspecified atom stereocenters. The minimum Gasteiger partial charge on any atom is -0.247 e. The van der Waals surface area contributed by atoms with Gasteiger partial charge in [-0.15, -0.1) is 22.9 Å². The summed E-state index contributed by atoms with van der Waals surface area (Å²) in [5.74, 6) is 1.26. The molecule has 0 aromatic carbocycles. The van der Waals surface area contributed by atoms with Crippen molar-refractivity contribution in [1.82, 2.24) is 4.98 Å². The van der Waals surface area contributed by atoms with E-state index in [1.807, 2.05) is 6.92 Å². The van der Waals surface area contributed by atoms with Gasteiger partial charge in [-0.3, -0.25) is 0 Å². The number of halogens is 1. The summed E-state index contributed by atoms with van der Waals surface area (Å²) in [6.45, 7) is 4.17. The highest BCUT2D eigenvalue weighted by atomic mass is 35.5. The minimum absolute atomic E-state index is 0.540. The molecule has 0 fully saturated rings. The number of alkyl halides is 1. The van der Waals surface area contributed by atoms with Crippen LogP contribution in [0.3, 0.4) is 0 Å². The zero-order chi connectivity index (χ0) is 8.27. The molecule has 0 spiro atoms. The molecule has 0 amide bonds. The number of rotatable bonds is 3. The van der Waals surface area contributed by atoms with Gasteiger partial charge in [0.05, 0.1) is 10.7 Å². The summed E-state index contributed by atoms with van der Waals surface area (Å²) in [6.07, 6.45) is 1.01. The topological polar surface area (TPSA) is 12.9 Å². The lowest BCUT2D eigenvalue weighted by Crippen LogP contribution is -2.00. The van der Waals surface area contributed by atoms with Gasteiger partial charge < -0.3 is 0 Å². The van der Waals surface area contributed by atoms with Gasteiger partial charge in [-0.1, -0.05) is 6.92 Å². The molecule has 11 heavy (non-hydrogen) atoms. The van der Waals surface area contributed by atoms with Crippen LogP contribution in [0, 0.1) is 12.8 Å². The van der Waals surface area contributed by atoms with E-state index in [0.717, 1.165) is 17.3 Å². The summed E-state index contributed by atoms with van der Waals surface area (Å²) < 4.78 is 0. The van der Waals surface area contributed by atoms with Crippen LogP contribution in [-0.2, 0) is 6.42 Å². The van der Waals surface area contributed by atoms with E-state index in [1.54, 1.807) is 11.3 Å². The summed E-state index contributed by atoms with van der Waals surface area (Å²) in [5.41, 5.74) is 1.18. The van der Waals surface area contributed by atoms with Gasteiger partial charge in [0.15, 0.2) is 0 Å². The normalized spacial score (nSPS) is 13.4. The zero-order valence-corrected chi connectivity index (χ0v) is 8.37. The molecule has 1 aromatic heterocycles. The fraction of sp³-hybridized carbons (Fsp3) is 0.625. The summed E-state index contributed by atoms with van der Waals surface area (Å²) in [5, 5.41) is 3.25. The lowest BCUT2D eigenvalue weighted by atomic mass is 10.1. The van der Waals surface area contributed by atoms with E-state index < -0.39 is 0 Å². The molecule has 1 atom stereocenters. The second-order valence-corrected chi connectivity index (χ2v) is 4.19. The van der Waals surface area contributed by atoms with Gasteiger partial charge in [0.2, 0.25) is 0 Å². The monoisotopic (exact) mass is 189 g/mol. The molecular weight excluding hydrogens is 178 g/mol. The van der Waals surface area contributed by atoms with Gasteiger partial charge in [0.25, 0.3) is 0 Å². The SMILES string of the molecule is Cc1nc(CC(C)CCl)cs1. The van der Waals surface area contributed by atoms with E-state index in [2.05, 4.69) is 17.3 Å². The molecule has 62 valence electrons. The molecule has 1 rings (SSSR count). The van der Waals surface area contributed by atoms with Crippen molar-refractivity contribution < 1.29 is 0 Å². The lowest BCUT2D eigenvalue weighted by Gasteiger charge is -2.02. The number of nitrogens with zero attached hydrogens (tertiary/aromatic N) is 1. The van der Waals surface area contributed by atoms with Crippen LogP contribution in [0.4, 0.5) is 0 Å². The second-order valence-electron chi connectivity index (χ2n) is 2.82. The number of aryl methyl sites for hydroxylation is 1. The summed E-state index contributed by atoms with van der Waals surface area (Å²) >= 11 is 7.39. The van der Waals surface area contributed by atoms with Crippen LogP contribution in [0.15, 0.2) is 5.38 Å². The molecule has 0 bridgehead atoms. The number of thiazole rings is 1. The van der Waals surface area contributed by atoms with Crippen molar-refractivity contribution in [2.45, 2.75) is 20.3 Å². The highest BCUT2D eigenvalue weighted by Gasteiger charge is 2.04. The Morgan fingerprint density at radius 2 is 2.45 bits per heavy atom. The van der Waals surface area contributed by atoms with Gasteiger partial charge in [-0.25, -0.2) is 4.98 Å². The third-order valence-corrected chi connectivity index (χ3v) is 2.84. The Hall–Kier alpha value is -0.0800. The van der Waals surface area contributed by atoms with E-state index in [4.69, 9.17) is 11.6 Å². The number of hydrogen-bond acceptors (Lipinski definition) is 2. The van der Waals surface area contributed by atoms with Gasteiger partial charge in [-0.2, -0.15) is 0 Å². The summed E-state index contributed by atoms with van der Waals surface area (Å²) in [4.78, 5) is 4.36. The Morgan fingerprint density at radius 3 is 2.91 bits per heavy atom. The third-order valence-electron chi connectivity index (χ3n) is 1.49. The largest absolute Gasteiger partial charge is 0.247 e. The molecule has 1 aromatic rings. The van der Waals surface area contributed by atoms with Crippen molar-refractivity contribution in [1.29, 1.82) is 0 Å². The molecule has 0 N–H and O–H groups in total. The lowest BCUT2D eigenvalue weighted by molar-refractivity contribution is 0.644. The number of hydrogen-bond donors (Lipinski definition) is 0. The van der Waals surface area contributed by atoms with Crippen molar-refractivity contribution in [3.8, 4) is 0 Å². The Bertz CT molecular complexity index is 222. The molecule has 0 radical (unpaired) electrons. The Balaban J connectivity index is 2.50. The Kier molecular flexibility index (Phi) is 3.34. The summed E-state index contributed by atoms with van der Waals surface area (Å²) in [7, 11) is 0. The average molecular weight is 190 g/mol. The summed E-state index contributed by atoms with van der Waals surface area (Å²) in [6, 6.07) is 0. The minimum atomic E-state index is 0.540. The highest BCUT2D eigenvalue weighted by Crippen LogP contribution is 2.13. The average Bonchev–Trinajstić information content (AvgIpc) is 2.35. The maximum absolute atomic E-state index is 5.68. The van der Waals surface area contributed by atoms with Crippen LogP contribution in [-0.4, -0.2) is 10.9 Å². The molecule has 1 nitrogen and oxygen atoms in total. The molecule has 0 aliphatic heterocycles. The Morgan fingerprint density at radius 1 is 1.73 bits per heavy atom. The van der Waals surface area contributed by atoms with Crippen LogP contribution in [0.5, 0.6) is 0 Å². The molecule has 0 aliphatic carbocycles. The van der Waals surface area contributed by atoms with E-state index in [-0.39, 0.29) is 0 Å². The van der Waals surface area contributed by atoms with Crippen molar-refractivity contribution in [2.24, 2.45) is 5.92 Å². The van der Waals surface area contributed by atoms with E-state index in [9.17, 15) is 0 Å². The van der Waals surface area contributed by atoms with Crippen molar-refractivity contribution in [3.63, 3.8) is 0 Å². The van der Waals surface area contributed by atoms with Gasteiger partial charge in [-0.05, 0) is 19.3 Å². The van der Waals surface area contributed by atoms with E-state index >= 15 is 0 Å². The fourth-order valence-corrected chi connectivity index (χ4v) is 1.65. The maximum atomic E-state index is 5.68. The first-order chi connectivity index (χ1) is 5.22. The molecule has 0 saturated heterocycles. The molecule has 1 heterocycles.